The van der Waals surface area contributed by atoms with Crippen molar-refractivity contribution in [1.29, 1.82) is 0 Å². The summed E-state index contributed by atoms with van der Waals surface area (Å²) in [4.78, 5) is 4.82. The molecule has 21 rings (SSSR count). The predicted octanol–water partition coefficient (Wildman–Crippen LogP) is 30.0. The van der Waals surface area contributed by atoms with E-state index in [9.17, 15) is 0 Å². The van der Waals surface area contributed by atoms with Crippen LogP contribution in [0.3, 0.4) is 0 Å². The van der Waals surface area contributed by atoms with Crippen LogP contribution in [0.15, 0.2) is 414 Å². The second-order valence-electron chi connectivity index (χ2n) is 28.1. The van der Waals surface area contributed by atoms with Crippen LogP contribution in [0, 0.1) is 0 Å². The van der Waals surface area contributed by atoms with Crippen LogP contribution in [0.5, 0.6) is 0 Å². The molecule has 0 saturated carbocycles. The van der Waals surface area contributed by atoms with Gasteiger partial charge in [0.05, 0.1) is 11.4 Å². The number of para-hydroxylation sites is 5. The van der Waals surface area contributed by atoms with Gasteiger partial charge in [-0.3, -0.25) is 0 Å². The Balaban J connectivity index is 0.636. The van der Waals surface area contributed by atoms with Crippen LogP contribution in [0.25, 0.3) is 176 Å². The van der Waals surface area contributed by atoms with E-state index in [1.165, 1.54) is 38.2 Å². The Morgan fingerprint density at radius 1 is 0.165 bits per heavy atom. The second kappa shape index (κ2) is 26.3. The number of benzene rings is 18. The molecule has 0 bridgehead atoms. The summed E-state index contributed by atoms with van der Waals surface area (Å²) in [6.45, 7) is 0. The van der Waals surface area contributed by atoms with Crippen LogP contribution in [0.2, 0.25) is 0 Å². The fourth-order valence-electron chi connectivity index (χ4n) is 16.7. The van der Waals surface area contributed by atoms with Gasteiger partial charge in [0.15, 0.2) is 0 Å². The first-order valence-corrected chi connectivity index (χ1v) is 37.2. The lowest BCUT2D eigenvalue weighted by Gasteiger charge is -2.29. The summed E-state index contributed by atoms with van der Waals surface area (Å²) in [6, 6.07) is 145. The maximum Gasteiger partial charge on any atom is 0.143 e. The Bertz CT molecular complexity index is 7060. The van der Waals surface area contributed by atoms with E-state index in [1.54, 1.807) is 0 Å². The smallest absolute Gasteiger partial charge is 0.143 e. The molecule has 3 heterocycles. The standard InChI is InChI=1S/C104H66N2O3/c1-3-22-82-72(18-1)20-13-28-84(82)74-50-59-79(60-51-74)105(95-34-9-5-24-87(95)90-31-16-38-100-102(90)93-26-7-11-36-98(93)107-100)78-57-48-70(49-58-78)69-42-40-67(41-43-69)68-44-46-71(47-45-68)77-56-65-88(91-32-17-39-101-103(91)94-27-8-12-37-99(94)108-101)96(66-77)106(80-61-52-75(53-62-80)85-29-14-21-73-19-2-4-23-83(73)85)81-63-54-76(55-64-81)86-30-15-33-92-89-25-6-10-35-97(89)109-104(86)92/h1-66H. The monoisotopic (exact) mass is 1390 g/mol. The summed E-state index contributed by atoms with van der Waals surface area (Å²) in [6.07, 6.45) is 0. The first kappa shape index (κ1) is 63.0. The van der Waals surface area contributed by atoms with Gasteiger partial charge in [-0.2, -0.15) is 0 Å². The van der Waals surface area contributed by atoms with Crippen molar-refractivity contribution < 1.29 is 13.3 Å². The Labute approximate surface area is 629 Å². The van der Waals surface area contributed by atoms with E-state index in [-0.39, 0.29) is 0 Å². The molecule has 0 N–H and O–H groups in total. The third-order valence-electron chi connectivity index (χ3n) is 22.0. The van der Waals surface area contributed by atoms with Gasteiger partial charge in [0.2, 0.25) is 0 Å². The first-order valence-electron chi connectivity index (χ1n) is 37.2. The SMILES string of the molecule is c1ccc(N(c2ccc(-c3ccc(-c4ccc(-c5ccc(-c6cccc7oc8ccccc8c67)c(N(c6ccc(-c7cccc8ccccc78)cc6)c6ccc(-c7cccc8c7oc7ccccc78)cc6)c5)cc4)cc3)cc2)c2ccc(-c3cccc4ccccc34)cc2)c(-c2cccc3oc4ccccc4c23)c1. The van der Waals surface area contributed by atoms with Crippen LogP contribution in [0.1, 0.15) is 0 Å². The van der Waals surface area contributed by atoms with E-state index in [4.69, 9.17) is 13.3 Å². The molecule has 0 aliphatic heterocycles. The lowest BCUT2D eigenvalue weighted by Crippen LogP contribution is -2.11. The number of anilines is 6. The van der Waals surface area contributed by atoms with Crippen LogP contribution in [-0.4, -0.2) is 0 Å². The van der Waals surface area contributed by atoms with Crippen molar-refractivity contribution in [3.63, 3.8) is 0 Å². The summed E-state index contributed by atoms with van der Waals surface area (Å²) in [5.41, 5.74) is 29.3. The molecule has 0 unspecified atom stereocenters. The van der Waals surface area contributed by atoms with E-state index >= 15 is 0 Å². The molecule has 0 aliphatic rings. The maximum atomic E-state index is 6.61. The normalized spacial score (nSPS) is 11.7. The van der Waals surface area contributed by atoms with Crippen molar-refractivity contribution in [2.45, 2.75) is 0 Å². The molecular formula is C104H66N2O3. The fraction of sp³-hybridized carbons (Fsp3) is 0. The van der Waals surface area contributed by atoms with Gasteiger partial charge in [0.1, 0.15) is 33.5 Å². The molecule has 0 fully saturated rings. The van der Waals surface area contributed by atoms with Crippen LogP contribution in [0.4, 0.5) is 34.1 Å². The van der Waals surface area contributed by atoms with Crippen molar-refractivity contribution in [2.24, 2.45) is 0 Å². The molecule has 510 valence electrons. The highest BCUT2D eigenvalue weighted by Gasteiger charge is 2.25. The van der Waals surface area contributed by atoms with Crippen molar-refractivity contribution in [3.05, 3.63) is 400 Å². The highest BCUT2D eigenvalue weighted by atomic mass is 16.3. The van der Waals surface area contributed by atoms with Gasteiger partial charge >= 0.3 is 0 Å². The molecule has 3 aromatic heterocycles. The topological polar surface area (TPSA) is 45.9 Å². The largest absolute Gasteiger partial charge is 0.456 e. The minimum absolute atomic E-state index is 0.843. The van der Waals surface area contributed by atoms with Gasteiger partial charge in [-0.1, -0.05) is 309 Å². The lowest BCUT2D eigenvalue weighted by atomic mass is 9.93. The fourth-order valence-corrected chi connectivity index (χ4v) is 16.7. The van der Waals surface area contributed by atoms with Crippen molar-refractivity contribution in [1.82, 2.24) is 0 Å². The van der Waals surface area contributed by atoms with Crippen molar-refractivity contribution in [3.8, 4) is 89.0 Å². The Morgan fingerprint density at radius 3 is 0.972 bits per heavy atom. The maximum absolute atomic E-state index is 6.61. The molecular weight excluding hydrogens is 1330 g/mol. The number of hydrogen-bond donors (Lipinski definition) is 0. The van der Waals surface area contributed by atoms with Gasteiger partial charge in [-0.25, -0.2) is 0 Å². The van der Waals surface area contributed by atoms with Crippen LogP contribution in [-0.2, 0) is 0 Å². The summed E-state index contributed by atoms with van der Waals surface area (Å²) >= 11 is 0. The van der Waals surface area contributed by atoms with E-state index < -0.39 is 0 Å². The zero-order valence-corrected chi connectivity index (χ0v) is 59.2. The number of nitrogens with zero attached hydrogens (tertiary/aromatic N) is 2. The molecule has 109 heavy (non-hydrogen) atoms. The molecule has 18 aromatic carbocycles. The second-order valence-corrected chi connectivity index (χ2v) is 28.1. The molecule has 5 nitrogen and oxygen atoms in total. The molecule has 0 spiro atoms. The number of fused-ring (bicyclic) bond motifs is 11. The van der Waals surface area contributed by atoms with E-state index in [0.29, 0.717) is 0 Å². The third-order valence-corrected chi connectivity index (χ3v) is 22.0. The average molecular weight is 1390 g/mol. The third kappa shape index (κ3) is 11.0. The summed E-state index contributed by atoms with van der Waals surface area (Å²) in [5, 5.41) is 11.5. The summed E-state index contributed by atoms with van der Waals surface area (Å²) in [5.74, 6) is 0. The Kier molecular flexibility index (Phi) is 15.2. The summed E-state index contributed by atoms with van der Waals surface area (Å²) in [7, 11) is 0. The molecule has 0 atom stereocenters. The van der Waals surface area contributed by atoms with Gasteiger partial charge < -0.3 is 23.1 Å². The average Bonchev–Trinajstić information content (AvgIpc) is 1.72. The molecule has 5 heteroatoms. The number of rotatable bonds is 14. The van der Waals surface area contributed by atoms with Crippen molar-refractivity contribution >= 4 is 121 Å². The minimum Gasteiger partial charge on any atom is -0.456 e. The molecule has 21 aromatic rings. The van der Waals surface area contributed by atoms with Gasteiger partial charge in [-0.15, -0.1) is 0 Å². The highest BCUT2D eigenvalue weighted by Crippen LogP contribution is 2.50. The van der Waals surface area contributed by atoms with E-state index in [2.05, 4.69) is 386 Å². The minimum atomic E-state index is 0.843. The van der Waals surface area contributed by atoms with Gasteiger partial charge in [0, 0.05) is 71.8 Å². The Morgan fingerprint density at radius 2 is 0.468 bits per heavy atom. The van der Waals surface area contributed by atoms with Crippen LogP contribution >= 0.6 is 0 Å². The lowest BCUT2D eigenvalue weighted by molar-refractivity contribution is 0.668. The zero-order valence-electron chi connectivity index (χ0n) is 59.2. The summed E-state index contributed by atoms with van der Waals surface area (Å²) < 4.78 is 19.7. The zero-order chi connectivity index (χ0) is 71.9. The van der Waals surface area contributed by atoms with E-state index in [1.807, 2.05) is 24.3 Å². The van der Waals surface area contributed by atoms with Crippen LogP contribution < -0.4 is 9.80 Å². The highest BCUT2D eigenvalue weighted by molar-refractivity contribution is 6.16. The predicted molar refractivity (Wildman–Crippen MR) is 456 cm³/mol. The van der Waals surface area contributed by atoms with Gasteiger partial charge in [0.25, 0.3) is 0 Å². The number of hydrogen-bond acceptors (Lipinski definition) is 5. The Hall–Kier alpha value is -14.5. The quantitative estimate of drug-likeness (QED) is 0.109. The molecule has 0 radical (unpaired) electrons. The number of furan rings is 3. The molecule has 0 saturated heterocycles. The van der Waals surface area contributed by atoms with E-state index in [0.717, 1.165) is 172 Å². The van der Waals surface area contributed by atoms with Gasteiger partial charge in [-0.05, 0) is 185 Å². The molecule has 0 amide bonds. The first-order chi connectivity index (χ1) is 54.0. The molecule has 0 aliphatic carbocycles. The van der Waals surface area contributed by atoms with Crippen molar-refractivity contribution in [2.75, 3.05) is 9.80 Å².